The molecule has 0 radical (unpaired) electrons. The average Bonchev–Trinajstić information content (AvgIpc) is 2.73. The second kappa shape index (κ2) is 9.52. The predicted molar refractivity (Wildman–Crippen MR) is 110 cm³/mol. The first-order valence-corrected chi connectivity index (χ1v) is 9.53. The van der Waals surface area contributed by atoms with Gasteiger partial charge in [-0.3, -0.25) is 0 Å². The van der Waals surface area contributed by atoms with E-state index in [2.05, 4.69) is 0 Å². The van der Waals surface area contributed by atoms with Crippen LogP contribution >= 0.6 is 0 Å². The van der Waals surface area contributed by atoms with Crippen molar-refractivity contribution >= 4 is 0 Å². The van der Waals surface area contributed by atoms with E-state index in [1.165, 1.54) is 24.3 Å². The van der Waals surface area contributed by atoms with Crippen LogP contribution in [0.5, 0.6) is 11.5 Å². The van der Waals surface area contributed by atoms with Gasteiger partial charge in [-0.1, -0.05) is 42.0 Å². The molecule has 0 atom stereocenters. The van der Waals surface area contributed by atoms with Crippen molar-refractivity contribution in [3.8, 4) is 22.6 Å². The molecule has 3 aromatic carbocycles. The third-order valence-corrected chi connectivity index (χ3v) is 4.38. The van der Waals surface area contributed by atoms with Crippen LogP contribution in [0.4, 0.5) is 8.78 Å². The van der Waals surface area contributed by atoms with Crippen molar-refractivity contribution in [3.05, 3.63) is 83.9 Å². The molecule has 0 fully saturated rings. The number of halogens is 2. The monoisotopic (exact) mass is 398 g/mol. The summed E-state index contributed by atoms with van der Waals surface area (Å²) in [5.41, 5.74) is 2.80. The van der Waals surface area contributed by atoms with E-state index >= 15 is 0 Å². The Balaban J connectivity index is 1.63. The number of alkyl halides is 2. The fourth-order valence-corrected chi connectivity index (χ4v) is 2.78. The fourth-order valence-electron chi connectivity index (χ4n) is 2.78. The van der Waals surface area contributed by atoms with Crippen LogP contribution in [-0.2, 0) is 10.8 Å². The maximum atomic E-state index is 14.5. The van der Waals surface area contributed by atoms with Crippen LogP contribution in [0.2, 0.25) is 0 Å². The molecular formula is C24H24F2O3. The minimum Gasteiger partial charge on any atom is -0.491 e. The van der Waals surface area contributed by atoms with E-state index in [4.69, 9.17) is 14.2 Å². The van der Waals surface area contributed by atoms with Crippen molar-refractivity contribution in [2.75, 3.05) is 19.8 Å². The molecule has 0 unspecified atom stereocenters. The van der Waals surface area contributed by atoms with Gasteiger partial charge in [0.2, 0.25) is 0 Å². The van der Waals surface area contributed by atoms with Crippen LogP contribution in [0.1, 0.15) is 18.1 Å². The molecule has 3 nitrogen and oxygen atoms in total. The highest BCUT2D eigenvalue weighted by molar-refractivity contribution is 5.64. The second-order valence-electron chi connectivity index (χ2n) is 6.58. The zero-order valence-electron chi connectivity index (χ0n) is 16.5. The van der Waals surface area contributed by atoms with Gasteiger partial charge in [-0.05, 0) is 61.4 Å². The van der Waals surface area contributed by atoms with Crippen molar-refractivity contribution in [1.82, 2.24) is 0 Å². The number of hydrogen-bond acceptors (Lipinski definition) is 3. The van der Waals surface area contributed by atoms with Gasteiger partial charge >= 0.3 is 6.11 Å². The fraction of sp³-hybridized carbons (Fsp3) is 0.250. The largest absolute Gasteiger partial charge is 0.491 e. The number of ether oxygens (including phenoxy) is 3. The normalized spacial score (nSPS) is 11.3. The highest BCUT2D eigenvalue weighted by Crippen LogP contribution is 2.33. The van der Waals surface area contributed by atoms with Crippen LogP contribution in [0, 0.1) is 6.92 Å². The lowest BCUT2D eigenvalue weighted by molar-refractivity contribution is -0.185. The lowest BCUT2D eigenvalue weighted by Gasteiger charge is -2.19. The highest BCUT2D eigenvalue weighted by Gasteiger charge is 2.34. The van der Waals surface area contributed by atoms with Crippen LogP contribution in [0.3, 0.4) is 0 Å². The second-order valence-corrected chi connectivity index (χ2v) is 6.58. The molecule has 0 aromatic heterocycles. The van der Waals surface area contributed by atoms with Crippen molar-refractivity contribution < 1.29 is 23.0 Å². The lowest BCUT2D eigenvalue weighted by atomic mass is 10.0. The molecule has 0 bridgehead atoms. The van der Waals surface area contributed by atoms with Gasteiger partial charge in [-0.25, -0.2) is 0 Å². The third-order valence-electron chi connectivity index (χ3n) is 4.38. The summed E-state index contributed by atoms with van der Waals surface area (Å²) in [5.74, 6) is 0.637. The molecular weight excluding hydrogens is 374 g/mol. The first-order chi connectivity index (χ1) is 14.0. The van der Waals surface area contributed by atoms with E-state index in [9.17, 15) is 8.78 Å². The third kappa shape index (κ3) is 5.78. The number of benzene rings is 3. The Morgan fingerprint density at radius 2 is 1.28 bits per heavy atom. The zero-order valence-corrected chi connectivity index (χ0v) is 16.5. The standard InChI is InChI=1S/C24H24F2O3/c1-3-27-16-17-28-22-12-14-23(15-13-22)29-24(25,26)21-10-8-20(9-11-21)19-6-4-18(2)5-7-19/h4-15H,3,16-17H2,1-2H3. The summed E-state index contributed by atoms with van der Waals surface area (Å²) in [7, 11) is 0. The van der Waals surface area contributed by atoms with Crippen molar-refractivity contribution in [3.63, 3.8) is 0 Å². The molecule has 0 aliphatic heterocycles. The predicted octanol–water partition coefficient (Wildman–Crippen LogP) is 6.21. The summed E-state index contributed by atoms with van der Waals surface area (Å²) in [4.78, 5) is 0. The van der Waals surface area contributed by atoms with Crippen LogP contribution in [0.15, 0.2) is 72.8 Å². The Kier molecular flexibility index (Phi) is 6.83. The Labute approximate surface area is 169 Å². The molecule has 0 aliphatic carbocycles. The molecule has 5 heteroatoms. The Hall–Kier alpha value is -2.92. The van der Waals surface area contributed by atoms with Crippen molar-refractivity contribution in [2.24, 2.45) is 0 Å². The van der Waals surface area contributed by atoms with E-state index in [1.54, 1.807) is 24.3 Å². The molecule has 3 rings (SSSR count). The van der Waals surface area contributed by atoms with Gasteiger partial charge in [-0.2, -0.15) is 8.78 Å². The molecule has 0 N–H and O–H groups in total. The minimum absolute atomic E-state index is 0.0646. The molecule has 0 saturated heterocycles. The maximum absolute atomic E-state index is 14.5. The summed E-state index contributed by atoms with van der Waals surface area (Å²) in [6, 6.07) is 20.2. The van der Waals surface area contributed by atoms with E-state index < -0.39 is 6.11 Å². The quantitative estimate of drug-likeness (QED) is 0.401. The van der Waals surface area contributed by atoms with E-state index in [0.717, 1.165) is 16.7 Å². The van der Waals surface area contributed by atoms with Crippen LogP contribution < -0.4 is 9.47 Å². The van der Waals surface area contributed by atoms with Gasteiger partial charge in [-0.15, -0.1) is 0 Å². The number of rotatable bonds is 9. The minimum atomic E-state index is -3.44. The van der Waals surface area contributed by atoms with Gasteiger partial charge in [0, 0.05) is 6.61 Å². The summed E-state index contributed by atoms with van der Waals surface area (Å²) in [6.45, 7) is 5.41. The molecule has 0 amide bonds. The molecule has 0 heterocycles. The molecule has 152 valence electrons. The van der Waals surface area contributed by atoms with Gasteiger partial charge in [0.15, 0.2) is 0 Å². The number of hydrogen-bond donors (Lipinski definition) is 0. The first-order valence-electron chi connectivity index (χ1n) is 9.53. The lowest BCUT2D eigenvalue weighted by Crippen LogP contribution is -2.21. The zero-order chi connectivity index (χ0) is 20.7. The highest BCUT2D eigenvalue weighted by atomic mass is 19.3. The Bertz CT molecular complexity index is 889. The Morgan fingerprint density at radius 1 is 0.724 bits per heavy atom. The van der Waals surface area contributed by atoms with E-state index in [1.807, 2.05) is 38.1 Å². The van der Waals surface area contributed by atoms with Gasteiger partial charge in [0.25, 0.3) is 0 Å². The van der Waals surface area contributed by atoms with Crippen LogP contribution in [-0.4, -0.2) is 19.8 Å². The molecule has 0 spiro atoms. The SMILES string of the molecule is CCOCCOc1ccc(OC(F)(F)c2ccc(-c3ccc(C)cc3)cc2)cc1. The molecule has 0 aliphatic rings. The molecule has 29 heavy (non-hydrogen) atoms. The maximum Gasteiger partial charge on any atom is 0.426 e. The number of aryl methyl sites for hydroxylation is 1. The summed E-state index contributed by atoms with van der Waals surface area (Å²) in [6.07, 6.45) is -3.44. The van der Waals surface area contributed by atoms with Gasteiger partial charge in [0.1, 0.15) is 18.1 Å². The van der Waals surface area contributed by atoms with Crippen LogP contribution in [0.25, 0.3) is 11.1 Å². The Morgan fingerprint density at radius 3 is 1.86 bits per heavy atom. The summed E-state index contributed by atoms with van der Waals surface area (Å²) in [5, 5.41) is 0. The van der Waals surface area contributed by atoms with Gasteiger partial charge in [0.05, 0.1) is 12.2 Å². The molecule has 0 saturated carbocycles. The first kappa shape index (κ1) is 20.8. The van der Waals surface area contributed by atoms with E-state index in [0.29, 0.717) is 25.6 Å². The topological polar surface area (TPSA) is 27.7 Å². The smallest absolute Gasteiger partial charge is 0.426 e. The average molecular weight is 398 g/mol. The summed E-state index contributed by atoms with van der Waals surface area (Å²) < 4.78 is 44.7. The van der Waals surface area contributed by atoms with Crippen molar-refractivity contribution in [1.29, 1.82) is 0 Å². The summed E-state index contributed by atoms with van der Waals surface area (Å²) >= 11 is 0. The van der Waals surface area contributed by atoms with Crippen molar-refractivity contribution in [2.45, 2.75) is 20.0 Å². The molecule has 3 aromatic rings. The van der Waals surface area contributed by atoms with Gasteiger partial charge < -0.3 is 14.2 Å². The van der Waals surface area contributed by atoms with E-state index in [-0.39, 0.29) is 11.3 Å².